The summed E-state index contributed by atoms with van der Waals surface area (Å²) in [6, 6.07) is 2.20. The van der Waals surface area contributed by atoms with Gasteiger partial charge in [0, 0.05) is 10.0 Å². The fourth-order valence-corrected chi connectivity index (χ4v) is 1.53. The average molecular weight is 281 g/mol. The number of methoxy groups -OCH3 is 1. The third-order valence-electron chi connectivity index (χ3n) is 1.73. The van der Waals surface area contributed by atoms with Gasteiger partial charge in [0.05, 0.1) is 7.11 Å². The Morgan fingerprint density at radius 3 is 2.60 bits per heavy atom. The molecule has 0 aliphatic heterocycles. The maximum Gasteiger partial charge on any atom is 0.300 e. The average Bonchev–Trinajstić information content (AvgIpc) is 2.19. The van der Waals surface area contributed by atoms with Crippen LogP contribution in [0.3, 0.4) is 0 Å². The highest BCUT2D eigenvalue weighted by molar-refractivity contribution is 9.10. The molecule has 0 aromatic heterocycles. The second kappa shape index (κ2) is 4.57. The summed E-state index contributed by atoms with van der Waals surface area (Å²) in [4.78, 5) is 11.0. The first-order valence-corrected chi connectivity index (χ1v) is 4.65. The number of rotatable bonds is 3. The van der Waals surface area contributed by atoms with Gasteiger partial charge in [-0.25, -0.2) is 8.78 Å². The Labute approximate surface area is 92.8 Å². The van der Waals surface area contributed by atoms with E-state index in [0.717, 1.165) is 6.07 Å². The van der Waals surface area contributed by atoms with Crippen molar-refractivity contribution in [2.75, 3.05) is 7.11 Å². The summed E-state index contributed by atoms with van der Waals surface area (Å²) < 4.78 is 29.1. The Hall–Kier alpha value is -1.17. The molecule has 0 aliphatic rings. The summed E-state index contributed by atoms with van der Waals surface area (Å²) in [6.45, 7) is 0. The maximum absolute atomic E-state index is 12.1. The van der Waals surface area contributed by atoms with Gasteiger partial charge in [-0.15, -0.1) is 0 Å². The van der Waals surface area contributed by atoms with Crippen molar-refractivity contribution < 1.29 is 23.4 Å². The molecule has 0 amide bonds. The van der Waals surface area contributed by atoms with E-state index in [-0.39, 0.29) is 21.5 Å². The van der Waals surface area contributed by atoms with Crippen molar-refractivity contribution in [2.45, 2.75) is 6.43 Å². The summed E-state index contributed by atoms with van der Waals surface area (Å²) in [5.74, 6) is -1.60. The molecular formula is C9H7BrF2O3. The zero-order chi connectivity index (χ0) is 11.6. The molecule has 0 heterocycles. The van der Waals surface area contributed by atoms with Crippen LogP contribution in [0.2, 0.25) is 0 Å². The van der Waals surface area contributed by atoms with Gasteiger partial charge in [-0.1, -0.05) is 0 Å². The molecule has 3 nitrogen and oxygen atoms in total. The molecular weight excluding hydrogens is 274 g/mol. The maximum atomic E-state index is 12.1. The minimum atomic E-state index is -3.10. The lowest BCUT2D eigenvalue weighted by molar-refractivity contribution is 0.0677. The lowest BCUT2D eigenvalue weighted by Crippen LogP contribution is -2.10. The molecule has 0 fully saturated rings. The molecule has 0 unspecified atom stereocenters. The van der Waals surface area contributed by atoms with Gasteiger partial charge in [0.1, 0.15) is 0 Å². The van der Waals surface area contributed by atoms with E-state index < -0.39 is 12.2 Å². The molecule has 0 radical (unpaired) electrons. The van der Waals surface area contributed by atoms with Crippen molar-refractivity contribution in [1.29, 1.82) is 0 Å². The quantitative estimate of drug-likeness (QED) is 0.866. The van der Waals surface area contributed by atoms with Crippen LogP contribution in [0.15, 0.2) is 16.6 Å². The van der Waals surface area contributed by atoms with Gasteiger partial charge in [0.25, 0.3) is 0 Å². The summed E-state index contributed by atoms with van der Waals surface area (Å²) in [6.07, 6.45) is -3.10. The molecule has 15 heavy (non-hydrogen) atoms. The monoisotopic (exact) mass is 280 g/mol. The first kappa shape index (κ1) is 11.9. The van der Waals surface area contributed by atoms with E-state index in [9.17, 15) is 18.7 Å². The van der Waals surface area contributed by atoms with Crippen LogP contribution in [0.1, 0.15) is 10.4 Å². The van der Waals surface area contributed by atoms with Crippen LogP contribution < -0.4 is 4.74 Å². The molecule has 1 rings (SSSR count). The van der Waals surface area contributed by atoms with Crippen molar-refractivity contribution in [3.05, 3.63) is 22.2 Å². The number of ether oxygens (including phenoxy) is 1. The van der Waals surface area contributed by atoms with Crippen LogP contribution in [0.25, 0.3) is 0 Å². The van der Waals surface area contributed by atoms with Crippen molar-refractivity contribution in [1.82, 2.24) is 0 Å². The van der Waals surface area contributed by atoms with Crippen LogP contribution in [-0.4, -0.2) is 24.4 Å². The number of halogens is 3. The van der Waals surface area contributed by atoms with E-state index in [2.05, 4.69) is 15.9 Å². The number of hydrogen-bond acceptors (Lipinski definition) is 3. The van der Waals surface area contributed by atoms with E-state index in [1.165, 1.54) is 13.2 Å². The minimum absolute atomic E-state index is 0.104. The van der Waals surface area contributed by atoms with E-state index in [1.807, 2.05) is 0 Å². The zero-order valence-corrected chi connectivity index (χ0v) is 9.22. The minimum Gasteiger partial charge on any atom is -0.504 e. The van der Waals surface area contributed by atoms with Crippen molar-refractivity contribution in [3.8, 4) is 11.5 Å². The summed E-state index contributed by atoms with van der Waals surface area (Å²) in [5, 5.41) is 9.30. The SMILES string of the molecule is COc1cc(Br)c(C(=O)C(F)F)cc1O. The summed E-state index contributed by atoms with van der Waals surface area (Å²) >= 11 is 2.95. The number of Topliss-reactive ketones (excluding diaryl/α,β-unsaturated/α-hetero) is 1. The van der Waals surface area contributed by atoms with Gasteiger partial charge >= 0.3 is 6.43 Å². The highest BCUT2D eigenvalue weighted by atomic mass is 79.9. The Morgan fingerprint density at radius 1 is 1.53 bits per heavy atom. The van der Waals surface area contributed by atoms with Gasteiger partial charge in [-0.3, -0.25) is 4.79 Å². The molecule has 1 aromatic carbocycles. The molecule has 6 heteroatoms. The number of carbonyl (C=O) groups excluding carboxylic acids is 1. The summed E-state index contributed by atoms with van der Waals surface area (Å²) in [5.41, 5.74) is -0.275. The fraction of sp³-hybridized carbons (Fsp3) is 0.222. The molecule has 0 spiro atoms. The number of carbonyl (C=O) groups is 1. The van der Waals surface area contributed by atoms with Gasteiger partial charge in [0.2, 0.25) is 5.78 Å². The third-order valence-corrected chi connectivity index (χ3v) is 2.39. The number of ketones is 1. The molecule has 0 aliphatic carbocycles. The molecule has 0 atom stereocenters. The van der Waals surface area contributed by atoms with Crippen molar-refractivity contribution >= 4 is 21.7 Å². The molecule has 1 N–H and O–H groups in total. The summed E-state index contributed by atoms with van der Waals surface area (Å²) in [7, 11) is 1.32. The highest BCUT2D eigenvalue weighted by Crippen LogP contribution is 2.33. The van der Waals surface area contributed by atoms with Crippen LogP contribution >= 0.6 is 15.9 Å². The number of benzene rings is 1. The number of phenols is 1. The third kappa shape index (κ3) is 2.44. The van der Waals surface area contributed by atoms with E-state index in [0.29, 0.717) is 0 Å². The van der Waals surface area contributed by atoms with E-state index in [4.69, 9.17) is 4.74 Å². The number of phenolic OH excluding ortho intramolecular Hbond substituents is 1. The van der Waals surface area contributed by atoms with Crippen LogP contribution in [0.5, 0.6) is 11.5 Å². The van der Waals surface area contributed by atoms with Gasteiger partial charge in [0.15, 0.2) is 11.5 Å². The van der Waals surface area contributed by atoms with Gasteiger partial charge in [-0.05, 0) is 28.1 Å². The Bertz CT molecular complexity index is 393. The van der Waals surface area contributed by atoms with Gasteiger partial charge < -0.3 is 9.84 Å². The molecule has 0 saturated carbocycles. The normalized spacial score (nSPS) is 10.5. The number of hydrogen-bond donors (Lipinski definition) is 1. The second-order valence-electron chi connectivity index (χ2n) is 2.67. The lowest BCUT2D eigenvalue weighted by atomic mass is 10.1. The zero-order valence-electron chi connectivity index (χ0n) is 7.63. The first-order chi connectivity index (χ1) is 6.97. The van der Waals surface area contributed by atoms with E-state index in [1.54, 1.807) is 0 Å². The Morgan fingerprint density at radius 2 is 2.13 bits per heavy atom. The number of aromatic hydroxyl groups is 1. The number of alkyl halides is 2. The predicted molar refractivity (Wildman–Crippen MR) is 52.7 cm³/mol. The standard InChI is InChI=1S/C9H7BrF2O3/c1-15-7-3-5(10)4(2-6(7)13)8(14)9(11)12/h2-3,9,13H,1H3. The fourth-order valence-electron chi connectivity index (χ4n) is 1.01. The van der Waals surface area contributed by atoms with E-state index >= 15 is 0 Å². The van der Waals surface area contributed by atoms with Crippen molar-refractivity contribution in [2.24, 2.45) is 0 Å². The Kier molecular flexibility index (Phi) is 3.62. The molecule has 0 saturated heterocycles. The molecule has 82 valence electrons. The predicted octanol–water partition coefficient (Wildman–Crippen LogP) is 2.61. The Balaban J connectivity index is 3.22. The largest absolute Gasteiger partial charge is 0.504 e. The second-order valence-corrected chi connectivity index (χ2v) is 3.52. The van der Waals surface area contributed by atoms with Crippen LogP contribution in [0.4, 0.5) is 8.78 Å². The smallest absolute Gasteiger partial charge is 0.300 e. The van der Waals surface area contributed by atoms with Gasteiger partial charge in [-0.2, -0.15) is 0 Å². The lowest BCUT2D eigenvalue weighted by Gasteiger charge is -2.07. The highest BCUT2D eigenvalue weighted by Gasteiger charge is 2.22. The topological polar surface area (TPSA) is 46.5 Å². The van der Waals surface area contributed by atoms with Crippen LogP contribution in [0, 0.1) is 0 Å². The van der Waals surface area contributed by atoms with Crippen molar-refractivity contribution in [3.63, 3.8) is 0 Å². The molecule has 1 aromatic rings. The first-order valence-electron chi connectivity index (χ1n) is 3.86. The molecule has 0 bridgehead atoms. The van der Waals surface area contributed by atoms with Crippen LogP contribution in [-0.2, 0) is 0 Å².